The van der Waals surface area contributed by atoms with Crippen molar-refractivity contribution in [2.24, 2.45) is 0 Å². The number of amides is 1. The van der Waals surface area contributed by atoms with Gasteiger partial charge in [-0.3, -0.25) is 4.79 Å². The first kappa shape index (κ1) is 18.0. The van der Waals surface area contributed by atoms with E-state index in [1.54, 1.807) is 24.3 Å². The number of carbonyl (C=O) groups is 2. The molecule has 24 heavy (non-hydrogen) atoms. The number of halogens is 1. The van der Waals surface area contributed by atoms with Gasteiger partial charge < -0.3 is 14.7 Å². The number of rotatable bonds is 8. The summed E-state index contributed by atoms with van der Waals surface area (Å²) in [5, 5.41) is 9.56. The third kappa shape index (κ3) is 5.38. The summed E-state index contributed by atoms with van der Waals surface area (Å²) in [6.45, 7) is 0.815. The predicted octanol–water partition coefficient (Wildman–Crippen LogP) is 3.82. The zero-order chi connectivity index (χ0) is 17.4. The van der Waals surface area contributed by atoms with Crippen LogP contribution < -0.4 is 4.74 Å². The van der Waals surface area contributed by atoms with Crippen molar-refractivity contribution in [1.29, 1.82) is 0 Å². The molecule has 0 radical (unpaired) electrons. The highest BCUT2D eigenvalue weighted by molar-refractivity contribution is 9.09. The lowest BCUT2D eigenvalue weighted by Crippen LogP contribution is -2.32. The Morgan fingerprint density at radius 2 is 1.71 bits per heavy atom. The summed E-state index contributed by atoms with van der Waals surface area (Å²) in [5.74, 6) is 0.604. The normalized spacial score (nSPS) is 10.2. The van der Waals surface area contributed by atoms with Gasteiger partial charge in [0.25, 0.3) is 0 Å². The zero-order valence-corrected chi connectivity index (χ0v) is 14.6. The molecule has 1 N–H and O–H groups in total. The van der Waals surface area contributed by atoms with Gasteiger partial charge in [0.05, 0.1) is 11.9 Å². The average molecular weight is 392 g/mol. The molecule has 6 heteroatoms. The van der Waals surface area contributed by atoms with Crippen molar-refractivity contribution in [3.63, 3.8) is 0 Å². The van der Waals surface area contributed by atoms with E-state index >= 15 is 0 Å². The summed E-state index contributed by atoms with van der Waals surface area (Å²) in [6, 6.07) is 16.2. The average Bonchev–Trinajstić information content (AvgIpc) is 2.61. The van der Waals surface area contributed by atoms with Gasteiger partial charge in [0, 0.05) is 12.1 Å². The molecule has 0 aliphatic heterocycles. The summed E-state index contributed by atoms with van der Waals surface area (Å²) in [4.78, 5) is 24.1. The number of ether oxygens (including phenoxy) is 1. The minimum absolute atomic E-state index is 0.00136. The molecule has 0 saturated heterocycles. The Hall–Kier alpha value is -2.34. The Bertz CT molecular complexity index is 673. The second kappa shape index (κ2) is 9.08. The van der Waals surface area contributed by atoms with Crippen LogP contribution in [0.25, 0.3) is 0 Å². The van der Waals surface area contributed by atoms with Crippen LogP contribution in [-0.2, 0) is 6.54 Å². The lowest BCUT2D eigenvalue weighted by atomic mass is 10.1. The summed E-state index contributed by atoms with van der Waals surface area (Å²) in [5.41, 5.74) is 1.54. The molecule has 0 fully saturated rings. The fraction of sp³-hybridized carbons (Fsp3) is 0.222. The fourth-order valence-electron chi connectivity index (χ4n) is 2.13. The first-order chi connectivity index (χ1) is 11.6. The Labute approximate surface area is 149 Å². The zero-order valence-electron chi connectivity index (χ0n) is 13.0. The van der Waals surface area contributed by atoms with Gasteiger partial charge in [0.15, 0.2) is 5.78 Å². The van der Waals surface area contributed by atoms with Crippen molar-refractivity contribution in [3.05, 3.63) is 65.7 Å². The third-order valence-corrected chi connectivity index (χ3v) is 3.92. The van der Waals surface area contributed by atoms with Gasteiger partial charge in [-0.15, -0.1) is 0 Å². The summed E-state index contributed by atoms with van der Waals surface area (Å²) < 4.78 is 5.56. The monoisotopic (exact) mass is 391 g/mol. The predicted molar refractivity (Wildman–Crippen MR) is 94.9 cm³/mol. The highest BCUT2D eigenvalue weighted by Crippen LogP contribution is 2.13. The van der Waals surface area contributed by atoms with Crippen LogP contribution in [0.2, 0.25) is 0 Å². The smallest absolute Gasteiger partial charge is 0.407 e. The number of carbonyl (C=O) groups excluding carboxylic acids is 1. The van der Waals surface area contributed by atoms with Crippen LogP contribution in [0.1, 0.15) is 15.9 Å². The van der Waals surface area contributed by atoms with E-state index in [0.717, 1.165) is 5.56 Å². The SMILES string of the molecule is O=C(CBr)c1ccc(OCCN(Cc2ccccc2)C(=O)O)cc1. The second-order valence-corrected chi connectivity index (χ2v) is 5.68. The molecule has 2 aromatic rings. The number of alkyl halides is 1. The third-order valence-electron chi connectivity index (χ3n) is 3.41. The molecule has 0 heterocycles. The molecule has 0 saturated carbocycles. The summed E-state index contributed by atoms with van der Waals surface area (Å²) >= 11 is 3.13. The van der Waals surface area contributed by atoms with E-state index in [2.05, 4.69) is 15.9 Å². The molecular weight excluding hydrogens is 374 g/mol. The van der Waals surface area contributed by atoms with Crippen LogP contribution in [-0.4, -0.2) is 40.4 Å². The van der Waals surface area contributed by atoms with Crippen LogP contribution >= 0.6 is 15.9 Å². The number of hydrogen-bond acceptors (Lipinski definition) is 3. The number of Topliss-reactive ketones (excluding diaryl/α,β-unsaturated/α-hetero) is 1. The van der Waals surface area contributed by atoms with Gasteiger partial charge in [0.1, 0.15) is 12.4 Å². The Kier molecular flexibility index (Phi) is 6.81. The van der Waals surface area contributed by atoms with Gasteiger partial charge in [-0.25, -0.2) is 4.79 Å². The number of hydrogen-bond donors (Lipinski definition) is 1. The van der Waals surface area contributed by atoms with Gasteiger partial charge in [-0.05, 0) is 29.8 Å². The number of benzene rings is 2. The Morgan fingerprint density at radius 3 is 2.29 bits per heavy atom. The first-order valence-electron chi connectivity index (χ1n) is 7.44. The van der Waals surface area contributed by atoms with Crippen molar-refractivity contribution < 1.29 is 19.4 Å². The fourth-order valence-corrected chi connectivity index (χ4v) is 2.46. The van der Waals surface area contributed by atoms with Crippen LogP contribution in [0, 0.1) is 0 Å². The number of nitrogens with zero attached hydrogens (tertiary/aromatic N) is 1. The summed E-state index contributed by atoms with van der Waals surface area (Å²) in [6.07, 6.45) is -0.985. The molecule has 0 aliphatic carbocycles. The standard InChI is InChI=1S/C18H18BrNO4/c19-12-17(21)15-6-8-16(9-7-15)24-11-10-20(18(22)23)13-14-4-2-1-3-5-14/h1-9H,10-13H2,(H,22,23). The minimum atomic E-state index is -0.985. The molecule has 2 aromatic carbocycles. The Balaban J connectivity index is 1.86. The molecule has 1 amide bonds. The molecule has 0 atom stereocenters. The molecule has 0 aromatic heterocycles. The Morgan fingerprint density at radius 1 is 1.04 bits per heavy atom. The van der Waals surface area contributed by atoms with Crippen molar-refractivity contribution in [2.75, 3.05) is 18.5 Å². The van der Waals surface area contributed by atoms with E-state index in [1.807, 2.05) is 30.3 Å². The topological polar surface area (TPSA) is 66.8 Å². The van der Waals surface area contributed by atoms with Crippen molar-refractivity contribution in [1.82, 2.24) is 4.90 Å². The van der Waals surface area contributed by atoms with Crippen LogP contribution in [0.5, 0.6) is 5.75 Å². The van der Waals surface area contributed by atoms with Crippen LogP contribution in [0.4, 0.5) is 4.79 Å². The highest BCUT2D eigenvalue weighted by Gasteiger charge is 2.12. The van der Waals surface area contributed by atoms with E-state index in [9.17, 15) is 14.7 Å². The van der Waals surface area contributed by atoms with Gasteiger partial charge in [0.2, 0.25) is 0 Å². The quantitative estimate of drug-likeness (QED) is 0.548. The number of carboxylic acid groups (broad SMARTS) is 1. The largest absolute Gasteiger partial charge is 0.492 e. The summed E-state index contributed by atoms with van der Waals surface area (Å²) in [7, 11) is 0. The maximum Gasteiger partial charge on any atom is 0.407 e. The van der Waals surface area contributed by atoms with E-state index in [4.69, 9.17) is 4.74 Å². The molecular formula is C18H18BrNO4. The molecule has 0 spiro atoms. The maximum atomic E-state index is 11.5. The van der Waals surface area contributed by atoms with Crippen molar-refractivity contribution >= 4 is 27.8 Å². The molecule has 0 unspecified atom stereocenters. The lowest BCUT2D eigenvalue weighted by molar-refractivity contribution is 0.102. The van der Waals surface area contributed by atoms with E-state index in [0.29, 0.717) is 17.9 Å². The van der Waals surface area contributed by atoms with Crippen molar-refractivity contribution in [3.8, 4) is 5.75 Å². The molecule has 5 nitrogen and oxygen atoms in total. The van der Waals surface area contributed by atoms with Crippen LogP contribution in [0.3, 0.4) is 0 Å². The molecule has 0 aliphatic rings. The van der Waals surface area contributed by atoms with Gasteiger partial charge >= 0.3 is 6.09 Å². The second-order valence-electron chi connectivity index (χ2n) is 5.12. The number of ketones is 1. The molecule has 0 bridgehead atoms. The first-order valence-corrected chi connectivity index (χ1v) is 8.56. The lowest BCUT2D eigenvalue weighted by Gasteiger charge is -2.19. The van der Waals surface area contributed by atoms with E-state index < -0.39 is 6.09 Å². The molecule has 126 valence electrons. The van der Waals surface area contributed by atoms with E-state index in [1.165, 1.54) is 4.90 Å². The van der Waals surface area contributed by atoms with Crippen molar-refractivity contribution in [2.45, 2.75) is 6.54 Å². The highest BCUT2D eigenvalue weighted by atomic mass is 79.9. The minimum Gasteiger partial charge on any atom is -0.492 e. The van der Waals surface area contributed by atoms with Crippen LogP contribution in [0.15, 0.2) is 54.6 Å². The van der Waals surface area contributed by atoms with Gasteiger partial charge in [-0.2, -0.15) is 0 Å². The van der Waals surface area contributed by atoms with E-state index in [-0.39, 0.29) is 24.3 Å². The maximum absolute atomic E-state index is 11.5. The molecule has 2 rings (SSSR count). The van der Waals surface area contributed by atoms with Gasteiger partial charge in [-0.1, -0.05) is 46.3 Å².